The summed E-state index contributed by atoms with van der Waals surface area (Å²) < 4.78 is 8.18. The molecule has 0 spiro atoms. The fourth-order valence-corrected chi connectivity index (χ4v) is 3.53. The lowest BCUT2D eigenvalue weighted by Gasteiger charge is -2.08. The van der Waals surface area contributed by atoms with E-state index >= 15 is 0 Å². The molecule has 1 amide bonds. The van der Waals surface area contributed by atoms with E-state index in [4.69, 9.17) is 9.40 Å². The number of H-pyrrole nitrogens is 1. The molecule has 4 aromatic rings. The summed E-state index contributed by atoms with van der Waals surface area (Å²) in [5, 5.41) is 10.3. The molecule has 4 aromatic heterocycles. The highest BCUT2D eigenvalue weighted by molar-refractivity contribution is 6.03. The van der Waals surface area contributed by atoms with Gasteiger partial charge in [-0.3, -0.25) is 4.79 Å². The van der Waals surface area contributed by atoms with E-state index in [0.717, 1.165) is 40.7 Å². The Kier molecular flexibility index (Phi) is 3.77. The monoisotopic (exact) mass is 386 g/mol. The van der Waals surface area contributed by atoms with Crippen molar-refractivity contribution in [2.75, 3.05) is 14.1 Å². The summed E-state index contributed by atoms with van der Waals surface area (Å²) >= 11 is 0. The third-order valence-corrected chi connectivity index (χ3v) is 5.04. The maximum absolute atomic E-state index is 12.1. The molecule has 0 aromatic carbocycles. The second-order valence-electron chi connectivity index (χ2n) is 7.34. The van der Waals surface area contributed by atoms with Gasteiger partial charge < -0.3 is 18.9 Å². The van der Waals surface area contributed by atoms with E-state index in [2.05, 4.69) is 14.5 Å². The van der Waals surface area contributed by atoms with Gasteiger partial charge in [-0.1, -0.05) is 0 Å². The molecule has 1 aliphatic rings. The standard InChI is InChI=1S/C21H18N6O2/c1-26(2)21(28)12(10-22)9-14-5-6-17(29-14)20-25-16-11-24-19-15(7-8-23-19)18(16)27(20)13-3-4-13/h5-9,11,13H,3-4H2,1-2H3,(H,23,24)/b12-9+. The quantitative estimate of drug-likeness (QED) is 0.427. The Hall–Kier alpha value is -3.86. The lowest BCUT2D eigenvalue weighted by Crippen LogP contribution is -2.22. The summed E-state index contributed by atoms with van der Waals surface area (Å²) in [5.41, 5.74) is 2.70. The number of furan rings is 1. The van der Waals surface area contributed by atoms with Gasteiger partial charge in [-0.25, -0.2) is 9.97 Å². The van der Waals surface area contributed by atoms with Crippen LogP contribution in [0.2, 0.25) is 0 Å². The van der Waals surface area contributed by atoms with Crippen molar-refractivity contribution in [1.29, 1.82) is 5.26 Å². The molecule has 1 aliphatic carbocycles. The highest BCUT2D eigenvalue weighted by atomic mass is 16.3. The number of likely N-dealkylation sites (N-methyl/N-ethyl adjacent to an activating group) is 1. The van der Waals surface area contributed by atoms with Crippen LogP contribution in [-0.2, 0) is 4.79 Å². The molecule has 8 nitrogen and oxygen atoms in total. The number of carbonyl (C=O) groups excluding carboxylic acids is 1. The molecule has 0 aliphatic heterocycles. The predicted octanol–water partition coefficient (Wildman–Crippen LogP) is 3.50. The third kappa shape index (κ3) is 2.79. The summed E-state index contributed by atoms with van der Waals surface area (Å²) in [7, 11) is 3.21. The minimum Gasteiger partial charge on any atom is -0.453 e. The van der Waals surface area contributed by atoms with Gasteiger partial charge in [0, 0.05) is 37.8 Å². The molecule has 29 heavy (non-hydrogen) atoms. The zero-order valence-electron chi connectivity index (χ0n) is 16.0. The minimum absolute atomic E-state index is 0.0184. The van der Waals surface area contributed by atoms with Crippen LogP contribution in [0.3, 0.4) is 0 Å². The fraction of sp³-hybridized carbons (Fsp3) is 0.238. The van der Waals surface area contributed by atoms with Gasteiger partial charge in [0.1, 0.15) is 28.6 Å². The molecule has 0 atom stereocenters. The number of imidazole rings is 1. The smallest absolute Gasteiger partial charge is 0.264 e. The number of rotatable bonds is 4. The number of amides is 1. The van der Waals surface area contributed by atoms with Crippen molar-refractivity contribution in [3.05, 3.63) is 41.9 Å². The van der Waals surface area contributed by atoms with Crippen molar-refractivity contribution in [3.8, 4) is 17.7 Å². The third-order valence-electron chi connectivity index (χ3n) is 5.04. The number of carbonyl (C=O) groups is 1. The molecule has 0 saturated heterocycles. The second kappa shape index (κ2) is 6.34. The van der Waals surface area contributed by atoms with Crippen LogP contribution >= 0.6 is 0 Å². The highest BCUT2D eigenvalue weighted by Crippen LogP contribution is 2.42. The van der Waals surface area contributed by atoms with Gasteiger partial charge in [-0.15, -0.1) is 0 Å². The van der Waals surface area contributed by atoms with Crippen molar-refractivity contribution in [3.63, 3.8) is 0 Å². The molecular formula is C21H18N6O2. The normalized spacial score (nSPS) is 14.4. The second-order valence-corrected chi connectivity index (χ2v) is 7.34. The summed E-state index contributed by atoms with van der Waals surface area (Å²) in [6.45, 7) is 0. The first-order valence-electron chi connectivity index (χ1n) is 9.34. The van der Waals surface area contributed by atoms with Gasteiger partial charge >= 0.3 is 0 Å². The number of hydrogen-bond acceptors (Lipinski definition) is 5. The van der Waals surface area contributed by atoms with Crippen LogP contribution in [0.15, 0.2) is 40.6 Å². The Bertz CT molecular complexity index is 1330. The summed E-state index contributed by atoms with van der Waals surface area (Å²) in [6.07, 6.45) is 7.29. The molecule has 4 heterocycles. The number of fused-ring (bicyclic) bond motifs is 3. The number of pyridine rings is 1. The Balaban J connectivity index is 1.63. The fourth-order valence-electron chi connectivity index (χ4n) is 3.53. The minimum atomic E-state index is -0.364. The van der Waals surface area contributed by atoms with Gasteiger partial charge in [0.15, 0.2) is 11.6 Å². The van der Waals surface area contributed by atoms with Gasteiger partial charge in [0.25, 0.3) is 5.91 Å². The van der Waals surface area contributed by atoms with Crippen LogP contribution in [0, 0.1) is 11.3 Å². The summed E-state index contributed by atoms with van der Waals surface area (Å²) in [6, 6.07) is 7.90. The van der Waals surface area contributed by atoms with Gasteiger partial charge in [-0.05, 0) is 31.0 Å². The Labute approximate surface area is 166 Å². The van der Waals surface area contributed by atoms with Gasteiger partial charge in [0.2, 0.25) is 0 Å². The molecule has 0 radical (unpaired) electrons. The van der Waals surface area contributed by atoms with Crippen LogP contribution in [0.4, 0.5) is 0 Å². The van der Waals surface area contributed by atoms with E-state index < -0.39 is 0 Å². The van der Waals surface area contributed by atoms with E-state index in [-0.39, 0.29) is 11.5 Å². The first kappa shape index (κ1) is 17.3. The molecular weight excluding hydrogens is 368 g/mol. The van der Waals surface area contributed by atoms with Crippen molar-refractivity contribution in [1.82, 2.24) is 24.4 Å². The molecule has 0 bridgehead atoms. The maximum Gasteiger partial charge on any atom is 0.264 e. The van der Waals surface area contributed by atoms with E-state index in [9.17, 15) is 10.1 Å². The van der Waals surface area contributed by atoms with Crippen LogP contribution < -0.4 is 0 Å². The highest BCUT2D eigenvalue weighted by Gasteiger charge is 2.31. The van der Waals surface area contributed by atoms with E-state index in [0.29, 0.717) is 17.6 Å². The number of aromatic amines is 1. The van der Waals surface area contributed by atoms with E-state index in [1.807, 2.05) is 24.4 Å². The summed E-state index contributed by atoms with van der Waals surface area (Å²) in [4.78, 5) is 25.8. The topological polar surface area (TPSA) is 104 Å². The number of nitriles is 1. The molecule has 1 saturated carbocycles. The van der Waals surface area contributed by atoms with Crippen molar-refractivity contribution in [2.24, 2.45) is 0 Å². The average Bonchev–Trinajstić information content (AvgIpc) is 3.12. The molecule has 1 fully saturated rings. The zero-order chi connectivity index (χ0) is 20.1. The van der Waals surface area contributed by atoms with E-state index in [1.54, 1.807) is 26.4 Å². The number of nitrogens with one attached hydrogen (secondary N) is 1. The molecule has 144 valence electrons. The number of hydrogen-bond donors (Lipinski definition) is 1. The average molecular weight is 386 g/mol. The lowest BCUT2D eigenvalue weighted by molar-refractivity contribution is -0.124. The zero-order valence-corrected chi connectivity index (χ0v) is 16.0. The van der Waals surface area contributed by atoms with Crippen LogP contribution in [0.1, 0.15) is 24.6 Å². The molecule has 8 heteroatoms. The Morgan fingerprint density at radius 1 is 1.38 bits per heavy atom. The van der Waals surface area contributed by atoms with Crippen molar-refractivity contribution in [2.45, 2.75) is 18.9 Å². The predicted molar refractivity (Wildman–Crippen MR) is 108 cm³/mol. The first-order valence-corrected chi connectivity index (χ1v) is 9.34. The lowest BCUT2D eigenvalue weighted by atomic mass is 10.2. The maximum atomic E-state index is 12.1. The Morgan fingerprint density at radius 2 is 2.21 bits per heavy atom. The van der Waals surface area contributed by atoms with Crippen molar-refractivity contribution < 1.29 is 9.21 Å². The van der Waals surface area contributed by atoms with Crippen molar-refractivity contribution >= 4 is 34.1 Å². The Morgan fingerprint density at radius 3 is 2.93 bits per heavy atom. The van der Waals surface area contributed by atoms with Crippen LogP contribution in [-0.4, -0.2) is 44.4 Å². The number of aromatic nitrogens is 4. The van der Waals surface area contributed by atoms with Gasteiger partial charge in [-0.2, -0.15) is 5.26 Å². The van der Waals surface area contributed by atoms with E-state index in [1.165, 1.54) is 11.0 Å². The first-order chi connectivity index (χ1) is 14.1. The van der Waals surface area contributed by atoms with Crippen LogP contribution in [0.25, 0.3) is 39.7 Å². The SMILES string of the molecule is CN(C)C(=O)/C(C#N)=C/c1ccc(-c2nc3cnc4[nH]ccc4c3n2C2CC2)o1. The molecule has 5 rings (SSSR count). The summed E-state index contributed by atoms with van der Waals surface area (Å²) in [5.74, 6) is 1.40. The van der Waals surface area contributed by atoms with Gasteiger partial charge in [0.05, 0.1) is 11.7 Å². The molecule has 0 unspecified atom stereocenters. The molecule has 1 N–H and O–H groups in total. The number of nitrogens with zero attached hydrogens (tertiary/aromatic N) is 5. The largest absolute Gasteiger partial charge is 0.453 e. The van der Waals surface area contributed by atoms with Crippen LogP contribution in [0.5, 0.6) is 0 Å².